The number of rotatable bonds is 6. The lowest BCUT2D eigenvalue weighted by Gasteiger charge is -2.14. The van der Waals surface area contributed by atoms with Crippen molar-refractivity contribution in [2.24, 2.45) is 0 Å². The maximum atomic E-state index is 6.71. The minimum atomic E-state index is 0.426. The summed E-state index contributed by atoms with van der Waals surface area (Å²) in [5, 5.41) is 7.18. The molecule has 10 rings (SSSR count). The molecule has 0 amide bonds. The summed E-state index contributed by atoms with van der Waals surface area (Å²) in [4.78, 5) is 0. The number of benzene rings is 8. The van der Waals surface area contributed by atoms with Gasteiger partial charge in [0, 0.05) is 42.0 Å². The lowest BCUT2D eigenvalue weighted by Crippen LogP contribution is -2.00. The van der Waals surface area contributed by atoms with Crippen molar-refractivity contribution < 1.29 is 4.74 Å². The summed E-state index contributed by atoms with van der Waals surface area (Å²) in [5.74, 6) is 0.715. The maximum Gasteiger partial charge on any atom is 0.143 e. The summed E-state index contributed by atoms with van der Waals surface area (Å²) in [6.45, 7) is 0.426. The molecule has 2 heterocycles. The van der Waals surface area contributed by atoms with Crippen molar-refractivity contribution in [1.29, 1.82) is 0 Å². The molecule has 2 aromatic heterocycles. The summed E-state index contributed by atoms with van der Waals surface area (Å²) in [6, 6.07) is 60.7. The molecule has 8 aromatic carbocycles. The number of fused-ring (bicyclic) bond motifs is 8. The monoisotopic (exact) mass is 672 g/mol. The van der Waals surface area contributed by atoms with Gasteiger partial charge in [0.05, 0.1) is 16.7 Å². The normalized spacial score (nSPS) is 11.7. The van der Waals surface area contributed by atoms with E-state index in [2.05, 4.69) is 168 Å². The standard InChI is InChI=1S/C47H32N2OS/c48-46-42(25-26-44-45(46)37-17-9-10-18-43(37)51-44)50-29-30-19-22-34(23-20-30)49-41-24-21-33(31-11-3-1-4-12-31)27-39(41)40-28-38(32-13-5-2-6-14-32)35-15-7-8-16-36(35)47(40)49/h1-28H,29,48H2. The number of nitrogens with two attached hydrogens (primary N) is 1. The van der Waals surface area contributed by atoms with Crippen LogP contribution >= 0.6 is 11.3 Å². The topological polar surface area (TPSA) is 40.2 Å². The van der Waals surface area contributed by atoms with Gasteiger partial charge in [0.2, 0.25) is 0 Å². The Bertz CT molecular complexity index is 2910. The van der Waals surface area contributed by atoms with Crippen LogP contribution in [-0.4, -0.2) is 4.57 Å². The van der Waals surface area contributed by atoms with Crippen molar-refractivity contribution in [2.45, 2.75) is 6.61 Å². The van der Waals surface area contributed by atoms with Crippen LogP contribution in [0.1, 0.15) is 5.56 Å². The van der Waals surface area contributed by atoms with Crippen LogP contribution in [0.4, 0.5) is 5.69 Å². The lowest BCUT2D eigenvalue weighted by atomic mass is 9.94. The molecule has 0 spiro atoms. The molecular weight excluding hydrogens is 641 g/mol. The van der Waals surface area contributed by atoms with Gasteiger partial charge in [-0.1, -0.05) is 121 Å². The Morgan fingerprint density at radius 1 is 0.510 bits per heavy atom. The Morgan fingerprint density at radius 3 is 1.98 bits per heavy atom. The zero-order chi connectivity index (χ0) is 33.9. The molecule has 242 valence electrons. The third kappa shape index (κ3) is 4.87. The molecule has 3 nitrogen and oxygen atoms in total. The highest BCUT2D eigenvalue weighted by Crippen LogP contribution is 2.43. The molecule has 0 atom stereocenters. The minimum Gasteiger partial charge on any atom is -0.487 e. The quantitative estimate of drug-likeness (QED) is 0.179. The van der Waals surface area contributed by atoms with E-state index in [1.165, 1.54) is 69.6 Å². The number of nitrogen functional groups attached to an aromatic ring is 1. The van der Waals surface area contributed by atoms with Crippen molar-refractivity contribution in [1.82, 2.24) is 4.57 Å². The van der Waals surface area contributed by atoms with Gasteiger partial charge in [-0.2, -0.15) is 0 Å². The Hall–Kier alpha value is -6.36. The van der Waals surface area contributed by atoms with Gasteiger partial charge in [0.25, 0.3) is 0 Å². The molecule has 0 unspecified atom stereocenters. The Balaban J connectivity index is 1.09. The van der Waals surface area contributed by atoms with E-state index >= 15 is 0 Å². The van der Waals surface area contributed by atoms with Crippen molar-refractivity contribution in [3.8, 4) is 33.7 Å². The number of hydrogen-bond donors (Lipinski definition) is 1. The van der Waals surface area contributed by atoms with Crippen molar-refractivity contribution in [2.75, 3.05) is 5.73 Å². The van der Waals surface area contributed by atoms with Gasteiger partial charge in [-0.3, -0.25) is 0 Å². The molecule has 10 aromatic rings. The first-order chi connectivity index (χ1) is 25.2. The summed E-state index contributed by atoms with van der Waals surface area (Å²) in [5.41, 5.74) is 16.8. The Labute approximate surface area is 299 Å². The van der Waals surface area contributed by atoms with Crippen molar-refractivity contribution >= 4 is 69.8 Å². The van der Waals surface area contributed by atoms with Gasteiger partial charge in [0.1, 0.15) is 12.4 Å². The number of ether oxygens (including phenoxy) is 1. The second-order valence-corrected chi connectivity index (χ2v) is 14.2. The second-order valence-electron chi connectivity index (χ2n) is 13.1. The highest BCUT2D eigenvalue weighted by molar-refractivity contribution is 7.26. The molecule has 51 heavy (non-hydrogen) atoms. The molecule has 4 heteroatoms. The molecular formula is C47H32N2OS. The Kier molecular flexibility index (Phi) is 6.90. The van der Waals surface area contributed by atoms with E-state index in [0.29, 0.717) is 18.0 Å². The van der Waals surface area contributed by atoms with E-state index in [9.17, 15) is 0 Å². The van der Waals surface area contributed by atoms with E-state index < -0.39 is 0 Å². The lowest BCUT2D eigenvalue weighted by molar-refractivity contribution is 0.308. The van der Waals surface area contributed by atoms with E-state index in [1.807, 2.05) is 6.07 Å². The summed E-state index contributed by atoms with van der Waals surface area (Å²) >= 11 is 1.76. The smallest absolute Gasteiger partial charge is 0.143 e. The van der Waals surface area contributed by atoms with Crippen LogP contribution in [0.5, 0.6) is 5.75 Å². The summed E-state index contributed by atoms with van der Waals surface area (Å²) < 4.78 is 11.2. The van der Waals surface area contributed by atoms with Gasteiger partial charge >= 0.3 is 0 Å². The molecule has 0 aliphatic heterocycles. The second kappa shape index (κ2) is 11.9. The molecule has 0 fully saturated rings. The fourth-order valence-electron chi connectivity index (χ4n) is 7.66. The van der Waals surface area contributed by atoms with Gasteiger partial charge in [-0.05, 0) is 81.7 Å². The van der Waals surface area contributed by atoms with Crippen molar-refractivity contribution in [3.63, 3.8) is 0 Å². The van der Waals surface area contributed by atoms with Crippen LogP contribution in [0.3, 0.4) is 0 Å². The molecule has 0 radical (unpaired) electrons. The van der Waals surface area contributed by atoms with Crippen LogP contribution in [0.25, 0.3) is 80.7 Å². The van der Waals surface area contributed by atoms with Crippen molar-refractivity contribution in [3.05, 3.63) is 175 Å². The van der Waals surface area contributed by atoms with E-state index in [1.54, 1.807) is 11.3 Å². The average molecular weight is 673 g/mol. The molecule has 0 aliphatic rings. The highest BCUT2D eigenvalue weighted by Gasteiger charge is 2.19. The molecule has 0 aliphatic carbocycles. The number of nitrogens with zero attached hydrogens (tertiary/aromatic N) is 1. The largest absolute Gasteiger partial charge is 0.487 e. The third-order valence-corrected chi connectivity index (χ3v) is 11.2. The first kappa shape index (κ1) is 29.5. The van der Waals surface area contributed by atoms with Crippen LogP contribution < -0.4 is 10.5 Å². The average Bonchev–Trinajstić information content (AvgIpc) is 3.74. The van der Waals surface area contributed by atoms with Gasteiger partial charge < -0.3 is 15.0 Å². The van der Waals surface area contributed by atoms with Crippen LogP contribution in [-0.2, 0) is 6.61 Å². The van der Waals surface area contributed by atoms with E-state index in [4.69, 9.17) is 10.5 Å². The molecule has 2 N–H and O–H groups in total. The van der Waals surface area contributed by atoms with E-state index in [0.717, 1.165) is 16.6 Å². The predicted molar refractivity (Wildman–Crippen MR) is 217 cm³/mol. The molecule has 0 saturated heterocycles. The zero-order valence-corrected chi connectivity index (χ0v) is 28.5. The Morgan fingerprint density at radius 2 is 1.20 bits per heavy atom. The highest BCUT2D eigenvalue weighted by atomic mass is 32.1. The van der Waals surface area contributed by atoms with Gasteiger partial charge in [-0.15, -0.1) is 11.3 Å². The number of hydrogen-bond acceptors (Lipinski definition) is 3. The first-order valence-electron chi connectivity index (χ1n) is 17.2. The number of anilines is 1. The fraction of sp³-hybridized carbons (Fsp3) is 0.0213. The summed E-state index contributed by atoms with van der Waals surface area (Å²) in [7, 11) is 0. The number of aromatic nitrogens is 1. The maximum absolute atomic E-state index is 6.71. The first-order valence-corrected chi connectivity index (χ1v) is 18.1. The van der Waals surface area contributed by atoms with Gasteiger partial charge in [0.15, 0.2) is 0 Å². The fourth-order valence-corrected chi connectivity index (χ4v) is 8.78. The predicted octanol–water partition coefficient (Wildman–Crippen LogP) is 12.8. The summed E-state index contributed by atoms with van der Waals surface area (Å²) in [6.07, 6.45) is 0. The zero-order valence-electron chi connectivity index (χ0n) is 27.7. The van der Waals surface area contributed by atoms with Crippen LogP contribution in [0.15, 0.2) is 170 Å². The van der Waals surface area contributed by atoms with Gasteiger partial charge in [-0.25, -0.2) is 0 Å². The SMILES string of the molecule is Nc1c(OCc2ccc(-n3c4ccc(-c5ccccc5)cc4c4cc(-c5ccccc5)c5ccccc5c43)cc2)ccc2sc3ccccc3c12. The molecule has 0 saturated carbocycles. The third-order valence-electron chi connectivity index (χ3n) is 10.1. The van der Waals surface area contributed by atoms with Crippen LogP contribution in [0, 0.1) is 0 Å². The minimum absolute atomic E-state index is 0.426. The van der Waals surface area contributed by atoms with E-state index in [-0.39, 0.29) is 0 Å². The number of thiophene rings is 1. The molecule has 0 bridgehead atoms. The van der Waals surface area contributed by atoms with Crippen LogP contribution in [0.2, 0.25) is 0 Å².